The number of hydrogen-bond acceptors (Lipinski definition) is 14. The van der Waals surface area contributed by atoms with Crippen molar-refractivity contribution >= 4 is 5.97 Å². The van der Waals surface area contributed by atoms with Crippen molar-refractivity contribution in [2.45, 2.75) is 293 Å². The largest absolute Gasteiger partial charge is 0.457 e. The van der Waals surface area contributed by atoms with Crippen molar-refractivity contribution in [3.8, 4) is 0 Å². The van der Waals surface area contributed by atoms with E-state index >= 15 is 0 Å². The van der Waals surface area contributed by atoms with Gasteiger partial charge in [-0.2, -0.15) is 0 Å². The van der Waals surface area contributed by atoms with Crippen LogP contribution >= 0.6 is 0 Å². The summed E-state index contributed by atoms with van der Waals surface area (Å²) in [5.74, 6) is -0.385. The number of rotatable bonds is 46. The minimum atomic E-state index is -1.71. The summed E-state index contributed by atoms with van der Waals surface area (Å²) in [5.41, 5.74) is 0. The maximum absolute atomic E-state index is 13.0. The van der Waals surface area contributed by atoms with Crippen LogP contribution in [-0.2, 0) is 33.2 Å². The molecule has 11 unspecified atom stereocenters. The van der Waals surface area contributed by atoms with Crippen LogP contribution in [0.4, 0.5) is 0 Å². The molecule has 0 aromatic rings. The highest BCUT2D eigenvalue weighted by molar-refractivity contribution is 5.69. The average Bonchev–Trinajstić information content (AvgIpc) is 3.36. The molecule has 2 fully saturated rings. The topological polar surface area (TPSA) is 214 Å². The van der Waals surface area contributed by atoms with E-state index in [4.69, 9.17) is 28.4 Å². The third-order valence-electron chi connectivity index (χ3n) is 13.7. The van der Waals surface area contributed by atoms with Crippen LogP contribution in [0.15, 0.2) is 24.3 Å². The lowest BCUT2D eigenvalue weighted by Gasteiger charge is -2.42. The van der Waals surface area contributed by atoms with E-state index < -0.39 is 80.7 Å². The molecule has 11 atom stereocenters. The number of carbonyl (C=O) groups is 1. The molecule has 0 spiro atoms. The number of carbonyl (C=O) groups excluding carboxylic acids is 1. The first-order valence-electron chi connectivity index (χ1n) is 28.4. The monoisotopic (exact) mass is 1000 g/mol. The Bertz CT molecular complexity index is 1250. The summed E-state index contributed by atoms with van der Waals surface area (Å²) in [4.78, 5) is 13.0. The molecule has 0 saturated carbocycles. The van der Waals surface area contributed by atoms with Gasteiger partial charge in [0.25, 0.3) is 0 Å². The molecule has 0 radical (unpaired) electrons. The molecule has 2 aliphatic rings. The van der Waals surface area contributed by atoms with E-state index in [1.165, 1.54) is 135 Å². The van der Waals surface area contributed by atoms with Crippen LogP contribution < -0.4 is 0 Å². The molecule has 2 aliphatic heterocycles. The smallest absolute Gasteiger partial charge is 0.306 e. The number of aliphatic hydroxyl groups excluding tert-OH is 7. The molecule has 2 saturated heterocycles. The standard InChI is InChI=1S/C56H104O14/c1-3-5-7-9-11-13-15-17-19-21-22-23-24-26-28-30-32-34-36-38-40-65-42-45(68-48(58)39-37-35-33-31-29-27-25-20-18-16-14-12-10-8-6-4-2)43-66-55-54(64)52(62)50(60)47(70-55)44-67-56-53(63)51(61)49(59)46(41-57)69-56/h14,16,20,25,45-47,49-57,59-64H,3-13,15,17-19,21-24,26-44H2,1-2H3/b16-14-,25-20-. The van der Waals surface area contributed by atoms with Gasteiger partial charge in [0.15, 0.2) is 12.6 Å². The molecule has 2 heterocycles. The third kappa shape index (κ3) is 30.6. The zero-order chi connectivity index (χ0) is 50.9. The Labute approximate surface area is 424 Å². The van der Waals surface area contributed by atoms with E-state index in [9.17, 15) is 40.5 Å². The molecule has 412 valence electrons. The average molecular weight is 1000 g/mol. The van der Waals surface area contributed by atoms with Crippen molar-refractivity contribution in [2.75, 3.05) is 33.0 Å². The summed E-state index contributed by atoms with van der Waals surface area (Å²) in [6, 6.07) is 0. The first kappa shape index (κ1) is 64.6. The normalized spacial score (nSPS) is 25.6. The highest BCUT2D eigenvalue weighted by Gasteiger charge is 2.47. The van der Waals surface area contributed by atoms with Crippen LogP contribution in [0.25, 0.3) is 0 Å². The highest BCUT2D eigenvalue weighted by atomic mass is 16.7. The van der Waals surface area contributed by atoms with Gasteiger partial charge in [-0.15, -0.1) is 0 Å². The van der Waals surface area contributed by atoms with Gasteiger partial charge in [-0.1, -0.05) is 199 Å². The molecule has 14 nitrogen and oxygen atoms in total. The zero-order valence-electron chi connectivity index (χ0n) is 44.0. The molecule has 0 aliphatic carbocycles. The Kier molecular flexibility index (Phi) is 40.4. The fourth-order valence-electron chi connectivity index (χ4n) is 9.08. The molecule has 7 N–H and O–H groups in total. The van der Waals surface area contributed by atoms with Crippen LogP contribution in [-0.4, -0.2) is 142 Å². The summed E-state index contributed by atoms with van der Waals surface area (Å²) >= 11 is 0. The van der Waals surface area contributed by atoms with Crippen LogP contribution in [0.1, 0.15) is 226 Å². The van der Waals surface area contributed by atoms with Gasteiger partial charge in [0.1, 0.15) is 54.9 Å². The summed E-state index contributed by atoms with van der Waals surface area (Å²) in [5, 5.41) is 72.3. The molecule has 0 aromatic heterocycles. The van der Waals surface area contributed by atoms with E-state index in [0.29, 0.717) is 13.0 Å². The Morgan fingerprint density at radius 2 is 0.886 bits per heavy atom. The van der Waals surface area contributed by atoms with E-state index in [1.54, 1.807) is 0 Å². The number of aliphatic hydroxyl groups is 7. The minimum absolute atomic E-state index is 0.0603. The number of allylic oxidation sites excluding steroid dienone is 4. The fraction of sp³-hybridized carbons (Fsp3) is 0.911. The van der Waals surface area contributed by atoms with E-state index in [2.05, 4.69) is 38.2 Å². The van der Waals surface area contributed by atoms with Gasteiger partial charge in [0.2, 0.25) is 0 Å². The fourth-order valence-corrected chi connectivity index (χ4v) is 9.08. The summed E-state index contributed by atoms with van der Waals surface area (Å²) in [6.45, 7) is 3.69. The van der Waals surface area contributed by atoms with Crippen molar-refractivity contribution in [1.82, 2.24) is 0 Å². The molecule has 0 aromatic carbocycles. The second kappa shape index (κ2) is 43.8. The molecule has 70 heavy (non-hydrogen) atoms. The molecule has 14 heteroatoms. The number of esters is 1. The first-order valence-corrected chi connectivity index (χ1v) is 28.4. The maximum Gasteiger partial charge on any atom is 0.306 e. The number of hydrogen-bond donors (Lipinski definition) is 7. The van der Waals surface area contributed by atoms with Crippen molar-refractivity contribution in [3.05, 3.63) is 24.3 Å². The van der Waals surface area contributed by atoms with Gasteiger partial charge in [-0.05, 0) is 44.9 Å². The first-order chi connectivity index (χ1) is 34.1. The summed E-state index contributed by atoms with van der Waals surface area (Å²) in [7, 11) is 0. The predicted molar refractivity (Wildman–Crippen MR) is 275 cm³/mol. The SMILES string of the molecule is CCCCCC/C=C\C/C=C\CCCCCCCC(=O)OC(COCCCCCCCCCCCCCCCCCCCCCC)COC1OC(COC2OC(CO)C(O)C(O)C2O)C(O)C(O)C1O. The molecule has 0 amide bonds. The molecule has 2 rings (SSSR count). The highest BCUT2D eigenvalue weighted by Crippen LogP contribution is 2.27. The number of ether oxygens (including phenoxy) is 6. The second-order valence-corrected chi connectivity index (χ2v) is 20.1. The van der Waals surface area contributed by atoms with Crippen molar-refractivity contribution in [3.63, 3.8) is 0 Å². The van der Waals surface area contributed by atoms with Crippen LogP contribution in [0.3, 0.4) is 0 Å². The van der Waals surface area contributed by atoms with Crippen molar-refractivity contribution < 1.29 is 69.0 Å². The summed E-state index contributed by atoms with van der Waals surface area (Å²) < 4.78 is 34.4. The number of unbranched alkanes of at least 4 members (excludes halogenated alkanes) is 28. The Balaban J connectivity index is 1.72. The second-order valence-electron chi connectivity index (χ2n) is 20.1. The van der Waals surface area contributed by atoms with Gasteiger partial charge in [-0.25, -0.2) is 0 Å². The van der Waals surface area contributed by atoms with E-state index in [0.717, 1.165) is 64.2 Å². The van der Waals surface area contributed by atoms with Crippen LogP contribution in [0, 0.1) is 0 Å². The van der Waals surface area contributed by atoms with Gasteiger partial charge in [-0.3, -0.25) is 4.79 Å². The quantitative estimate of drug-likeness (QED) is 0.0172. The Morgan fingerprint density at radius 3 is 1.39 bits per heavy atom. The van der Waals surface area contributed by atoms with Crippen LogP contribution in [0.2, 0.25) is 0 Å². The molecular formula is C56H104O14. The van der Waals surface area contributed by atoms with Gasteiger partial charge < -0.3 is 64.2 Å². The van der Waals surface area contributed by atoms with E-state index in [-0.39, 0.29) is 25.6 Å². The minimum Gasteiger partial charge on any atom is -0.457 e. The Hall–Kier alpha value is -1.53. The lowest BCUT2D eigenvalue weighted by molar-refractivity contribution is -0.332. The Morgan fingerprint density at radius 1 is 0.471 bits per heavy atom. The third-order valence-corrected chi connectivity index (χ3v) is 13.7. The molecular weight excluding hydrogens is 897 g/mol. The maximum atomic E-state index is 13.0. The summed E-state index contributed by atoms with van der Waals surface area (Å²) in [6.07, 6.45) is 32.4. The van der Waals surface area contributed by atoms with Gasteiger partial charge >= 0.3 is 5.97 Å². The lowest BCUT2D eigenvalue weighted by Crippen LogP contribution is -2.61. The van der Waals surface area contributed by atoms with Crippen molar-refractivity contribution in [1.29, 1.82) is 0 Å². The van der Waals surface area contributed by atoms with Crippen LogP contribution in [0.5, 0.6) is 0 Å². The predicted octanol–water partition coefficient (Wildman–Crippen LogP) is 9.58. The lowest BCUT2D eigenvalue weighted by atomic mass is 9.98. The van der Waals surface area contributed by atoms with E-state index in [1.807, 2.05) is 0 Å². The molecule has 0 bridgehead atoms. The van der Waals surface area contributed by atoms with Gasteiger partial charge in [0, 0.05) is 13.0 Å². The van der Waals surface area contributed by atoms with Gasteiger partial charge in [0.05, 0.1) is 26.4 Å². The van der Waals surface area contributed by atoms with Crippen molar-refractivity contribution in [2.24, 2.45) is 0 Å². The zero-order valence-corrected chi connectivity index (χ0v) is 44.0.